The number of nitrogens with zero attached hydrogens (tertiary/aromatic N) is 1. The van der Waals surface area contributed by atoms with Gasteiger partial charge in [0.15, 0.2) is 0 Å². The molecule has 0 aliphatic heterocycles. The summed E-state index contributed by atoms with van der Waals surface area (Å²) >= 11 is 1.69. The predicted molar refractivity (Wildman–Crippen MR) is 68.7 cm³/mol. The first-order valence-corrected chi connectivity index (χ1v) is 6.26. The smallest absolute Gasteiger partial charge is 0.0947 e. The van der Waals surface area contributed by atoms with Crippen molar-refractivity contribution in [3.63, 3.8) is 0 Å². The van der Waals surface area contributed by atoms with E-state index in [4.69, 9.17) is 5.73 Å². The first-order valence-electron chi connectivity index (χ1n) is 5.38. The highest BCUT2D eigenvalue weighted by Crippen LogP contribution is 2.19. The van der Waals surface area contributed by atoms with E-state index in [1.165, 1.54) is 11.1 Å². The number of nitrogens with two attached hydrogens (primary N) is 1. The fourth-order valence-corrected chi connectivity index (χ4v) is 2.53. The maximum Gasteiger partial charge on any atom is 0.0947 e. The molecule has 2 N–H and O–H groups in total. The number of thiazole rings is 1. The number of aromatic nitrogens is 1. The van der Waals surface area contributed by atoms with Crippen LogP contribution in [0.5, 0.6) is 0 Å². The van der Waals surface area contributed by atoms with Gasteiger partial charge in [-0.3, -0.25) is 0 Å². The molecule has 2 nitrogen and oxygen atoms in total. The quantitative estimate of drug-likeness (QED) is 0.883. The first kappa shape index (κ1) is 11.3. The van der Waals surface area contributed by atoms with Gasteiger partial charge in [0.25, 0.3) is 0 Å². The van der Waals surface area contributed by atoms with E-state index in [1.807, 2.05) is 6.92 Å². The Labute approximate surface area is 100 Å². The molecular weight excluding hydrogens is 216 g/mol. The van der Waals surface area contributed by atoms with Gasteiger partial charge in [-0.2, -0.15) is 0 Å². The molecule has 0 aliphatic rings. The third-order valence-electron chi connectivity index (χ3n) is 2.53. The van der Waals surface area contributed by atoms with Gasteiger partial charge >= 0.3 is 0 Å². The van der Waals surface area contributed by atoms with Gasteiger partial charge in [-0.1, -0.05) is 29.8 Å². The fourth-order valence-electron chi connectivity index (χ4n) is 1.70. The molecule has 1 unspecified atom stereocenters. The van der Waals surface area contributed by atoms with Gasteiger partial charge < -0.3 is 5.73 Å². The lowest BCUT2D eigenvalue weighted by Gasteiger charge is -2.10. The van der Waals surface area contributed by atoms with Crippen molar-refractivity contribution in [3.8, 4) is 0 Å². The summed E-state index contributed by atoms with van der Waals surface area (Å²) < 4.78 is 0. The zero-order chi connectivity index (χ0) is 11.5. The topological polar surface area (TPSA) is 38.9 Å². The lowest BCUT2D eigenvalue weighted by molar-refractivity contribution is 0.716. The Kier molecular flexibility index (Phi) is 3.36. The normalized spacial score (nSPS) is 12.7. The van der Waals surface area contributed by atoms with Crippen LogP contribution in [0.2, 0.25) is 0 Å². The summed E-state index contributed by atoms with van der Waals surface area (Å²) in [6.45, 7) is 4.10. The Morgan fingerprint density at radius 1 is 1.38 bits per heavy atom. The molecule has 84 valence electrons. The first-order chi connectivity index (χ1) is 7.65. The van der Waals surface area contributed by atoms with Crippen LogP contribution in [0.15, 0.2) is 29.6 Å². The van der Waals surface area contributed by atoms with E-state index < -0.39 is 0 Å². The number of benzene rings is 1. The molecule has 0 aliphatic carbocycles. The lowest BCUT2D eigenvalue weighted by Crippen LogP contribution is -2.13. The lowest BCUT2D eigenvalue weighted by atomic mass is 10.0. The van der Waals surface area contributed by atoms with E-state index in [2.05, 4.69) is 41.6 Å². The molecule has 1 heterocycles. The van der Waals surface area contributed by atoms with E-state index in [-0.39, 0.29) is 6.04 Å². The molecule has 1 aromatic heterocycles. The Morgan fingerprint density at radius 2 is 2.19 bits per heavy atom. The van der Waals surface area contributed by atoms with Gasteiger partial charge in [-0.25, -0.2) is 4.98 Å². The van der Waals surface area contributed by atoms with Crippen LogP contribution in [0.3, 0.4) is 0 Å². The molecule has 16 heavy (non-hydrogen) atoms. The van der Waals surface area contributed by atoms with Crippen molar-refractivity contribution in [3.05, 3.63) is 51.5 Å². The maximum absolute atomic E-state index is 6.17. The van der Waals surface area contributed by atoms with E-state index in [1.54, 1.807) is 11.3 Å². The second-order valence-electron chi connectivity index (χ2n) is 4.11. The van der Waals surface area contributed by atoms with Gasteiger partial charge in [0, 0.05) is 23.5 Å². The number of aryl methyl sites for hydroxylation is 2. The van der Waals surface area contributed by atoms with E-state index >= 15 is 0 Å². The zero-order valence-corrected chi connectivity index (χ0v) is 10.4. The largest absolute Gasteiger partial charge is 0.324 e. The highest BCUT2D eigenvalue weighted by Gasteiger charge is 2.09. The molecular formula is C13H16N2S. The van der Waals surface area contributed by atoms with Crippen LogP contribution in [0.25, 0.3) is 0 Å². The van der Waals surface area contributed by atoms with Gasteiger partial charge in [0.2, 0.25) is 0 Å². The molecule has 2 rings (SSSR count). The predicted octanol–water partition coefficient (Wildman–Crippen LogP) is 3.00. The summed E-state index contributed by atoms with van der Waals surface area (Å²) in [6.07, 6.45) is 0.821. The highest BCUT2D eigenvalue weighted by molar-refractivity contribution is 7.09. The van der Waals surface area contributed by atoms with Crippen LogP contribution in [0.1, 0.15) is 27.9 Å². The molecule has 0 amide bonds. The van der Waals surface area contributed by atoms with Crippen LogP contribution in [-0.2, 0) is 6.42 Å². The number of hydrogen-bond acceptors (Lipinski definition) is 3. The summed E-state index contributed by atoms with van der Waals surface area (Å²) in [5.41, 5.74) is 9.69. The molecule has 2 aromatic rings. The van der Waals surface area contributed by atoms with Gasteiger partial charge in [-0.05, 0) is 19.4 Å². The Balaban J connectivity index is 2.11. The Hall–Kier alpha value is -1.19. The molecule has 3 heteroatoms. The number of hydrogen-bond donors (Lipinski definition) is 1. The van der Waals surface area contributed by atoms with Crippen LogP contribution < -0.4 is 5.73 Å². The maximum atomic E-state index is 6.17. The van der Waals surface area contributed by atoms with Crippen molar-refractivity contribution < 1.29 is 0 Å². The molecule has 0 fully saturated rings. The van der Waals surface area contributed by atoms with Crippen molar-refractivity contribution in [1.82, 2.24) is 4.98 Å². The highest BCUT2D eigenvalue weighted by atomic mass is 32.1. The molecule has 1 atom stereocenters. The Morgan fingerprint density at radius 3 is 2.81 bits per heavy atom. The van der Waals surface area contributed by atoms with Crippen molar-refractivity contribution in [2.24, 2.45) is 5.73 Å². The monoisotopic (exact) mass is 232 g/mol. The number of rotatable bonds is 3. The van der Waals surface area contributed by atoms with E-state index in [0.717, 1.165) is 17.1 Å². The molecule has 0 radical (unpaired) electrons. The minimum atomic E-state index is 0.0467. The van der Waals surface area contributed by atoms with Crippen molar-refractivity contribution in [2.75, 3.05) is 0 Å². The minimum absolute atomic E-state index is 0.0467. The van der Waals surface area contributed by atoms with Crippen molar-refractivity contribution >= 4 is 11.3 Å². The molecule has 0 bridgehead atoms. The molecule has 0 spiro atoms. The summed E-state index contributed by atoms with van der Waals surface area (Å²) in [7, 11) is 0. The summed E-state index contributed by atoms with van der Waals surface area (Å²) in [6, 6.07) is 8.41. The second kappa shape index (κ2) is 4.76. The fraction of sp³-hybridized carbons (Fsp3) is 0.308. The van der Waals surface area contributed by atoms with Crippen LogP contribution >= 0.6 is 11.3 Å². The average Bonchev–Trinajstić information content (AvgIpc) is 2.64. The molecule has 0 saturated carbocycles. The summed E-state index contributed by atoms with van der Waals surface area (Å²) in [4.78, 5) is 4.44. The molecule has 0 saturated heterocycles. The second-order valence-corrected chi connectivity index (χ2v) is 5.05. The summed E-state index contributed by atoms with van der Waals surface area (Å²) in [5, 5.41) is 3.18. The van der Waals surface area contributed by atoms with Crippen LogP contribution in [0, 0.1) is 13.8 Å². The van der Waals surface area contributed by atoms with Crippen molar-refractivity contribution in [1.29, 1.82) is 0 Å². The van der Waals surface area contributed by atoms with E-state index in [0.29, 0.717) is 0 Å². The van der Waals surface area contributed by atoms with E-state index in [9.17, 15) is 0 Å². The SMILES string of the molecule is Cc1cccc(C(N)Cc2nc(C)cs2)c1. The zero-order valence-electron chi connectivity index (χ0n) is 9.60. The molecule has 1 aromatic carbocycles. The third kappa shape index (κ3) is 2.68. The Bertz CT molecular complexity index is 476. The van der Waals surface area contributed by atoms with Gasteiger partial charge in [0.05, 0.1) is 5.01 Å². The summed E-state index contributed by atoms with van der Waals surface area (Å²) in [5.74, 6) is 0. The van der Waals surface area contributed by atoms with Gasteiger partial charge in [0.1, 0.15) is 0 Å². The van der Waals surface area contributed by atoms with Crippen LogP contribution in [0.4, 0.5) is 0 Å². The third-order valence-corrected chi connectivity index (χ3v) is 3.52. The van der Waals surface area contributed by atoms with Gasteiger partial charge in [-0.15, -0.1) is 11.3 Å². The average molecular weight is 232 g/mol. The standard InChI is InChI=1S/C13H16N2S/c1-9-4-3-5-11(6-9)12(14)7-13-15-10(2)8-16-13/h3-6,8,12H,7,14H2,1-2H3. The van der Waals surface area contributed by atoms with Crippen molar-refractivity contribution in [2.45, 2.75) is 26.3 Å². The minimum Gasteiger partial charge on any atom is -0.324 e. The van der Waals surface area contributed by atoms with Crippen LogP contribution in [-0.4, -0.2) is 4.98 Å².